The minimum absolute atomic E-state index is 0.0988. The highest BCUT2D eigenvalue weighted by Gasteiger charge is 2.11. The van der Waals surface area contributed by atoms with Gasteiger partial charge in [-0.05, 0) is 28.8 Å². The fourth-order valence-corrected chi connectivity index (χ4v) is 1.95. The third-order valence-corrected chi connectivity index (χ3v) is 3.09. The number of carbonyl (C=O) groups is 1. The highest BCUT2D eigenvalue weighted by molar-refractivity contribution is 7.07. The van der Waals surface area contributed by atoms with Gasteiger partial charge in [0.05, 0.1) is 6.10 Å². The van der Waals surface area contributed by atoms with Gasteiger partial charge in [-0.1, -0.05) is 6.92 Å². The van der Waals surface area contributed by atoms with Gasteiger partial charge in [0, 0.05) is 19.0 Å². The summed E-state index contributed by atoms with van der Waals surface area (Å²) >= 11 is 1.52. The van der Waals surface area contributed by atoms with Gasteiger partial charge in [0.25, 0.3) is 0 Å². The summed E-state index contributed by atoms with van der Waals surface area (Å²) in [6.07, 6.45) is 0.459. The van der Waals surface area contributed by atoms with Crippen LogP contribution in [0.5, 0.6) is 0 Å². The Balaban J connectivity index is 2.26. The van der Waals surface area contributed by atoms with E-state index < -0.39 is 6.10 Å². The maximum atomic E-state index is 11.4. The Morgan fingerprint density at radius 2 is 2.44 bits per heavy atom. The molecule has 0 aliphatic rings. The Morgan fingerprint density at radius 3 is 3.00 bits per heavy atom. The number of hydrogen-bond acceptors (Lipinski definition) is 4. The van der Waals surface area contributed by atoms with E-state index >= 15 is 0 Å². The van der Waals surface area contributed by atoms with E-state index in [4.69, 9.17) is 5.73 Å². The highest BCUT2D eigenvalue weighted by Crippen LogP contribution is 2.14. The SMILES string of the molecule is CCC(N)CC(=O)NCC(O)c1ccsc1. The van der Waals surface area contributed by atoms with Gasteiger partial charge < -0.3 is 16.2 Å². The molecule has 0 fully saturated rings. The van der Waals surface area contributed by atoms with Gasteiger partial charge in [0.15, 0.2) is 0 Å². The van der Waals surface area contributed by atoms with Crippen LogP contribution >= 0.6 is 11.3 Å². The molecule has 0 aromatic carbocycles. The zero-order valence-corrected chi connectivity index (χ0v) is 10.2. The lowest BCUT2D eigenvalue weighted by Gasteiger charge is -2.12. The first kappa shape index (κ1) is 13.2. The van der Waals surface area contributed by atoms with Crippen LogP contribution < -0.4 is 11.1 Å². The van der Waals surface area contributed by atoms with Crippen molar-refractivity contribution in [3.63, 3.8) is 0 Å². The van der Waals surface area contributed by atoms with Crippen LogP contribution in [0.2, 0.25) is 0 Å². The number of carbonyl (C=O) groups excluding carboxylic acids is 1. The van der Waals surface area contributed by atoms with Gasteiger partial charge in [0.2, 0.25) is 5.91 Å². The molecular formula is C11H18N2O2S. The second kappa shape index (κ2) is 6.62. The van der Waals surface area contributed by atoms with E-state index in [0.717, 1.165) is 12.0 Å². The van der Waals surface area contributed by atoms with Crippen molar-refractivity contribution in [3.05, 3.63) is 22.4 Å². The largest absolute Gasteiger partial charge is 0.387 e. The summed E-state index contributed by atoms with van der Waals surface area (Å²) < 4.78 is 0. The molecule has 1 aromatic rings. The van der Waals surface area contributed by atoms with Gasteiger partial charge in [-0.2, -0.15) is 11.3 Å². The molecular weight excluding hydrogens is 224 g/mol. The zero-order chi connectivity index (χ0) is 12.0. The molecule has 1 rings (SSSR count). The summed E-state index contributed by atoms with van der Waals surface area (Å²) in [5, 5.41) is 16.1. The number of rotatable bonds is 6. The second-order valence-electron chi connectivity index (χ2n) is 3.75. The first-order chi connectivity index (χ1) is 7.63. The number of thiophene rings is 1. The summed E-state index contributed by atoms with van der Waals surface area (Å²) in [6, 6.07) is 1.75. The van der Waals surface area contributed by atoms with Gasteiger partial charge in [0.1, 0.15) is 0 Å². The summed E-state index contributed by atoms with van der Waals surface area (Å²) in [6.45, 7) is 2.18. The van der Waals surface area contributed by atoms with Crippen LogP contribution in [-0.2, 0) is 4.79 Å². The van der Waals surface area contributed by atoms with Gasteiger partial charge in [-0.25, -0.2) is 0 Å². The molecule has 4 nitrogen and oxygen atoms in total. The summed E-state index contributed by atoms with van der Waals surface area (Å²) in [4.78, 5) is 11.4. The molecule has 0 bridgehead atoms. The van der Waals surface area contributed by atoms with Gasteiger partial charge in [-0.15, -0.1) is 0 Å². The van der Waals surface area contributed by atoms with Crippen LogP contribution in [-0.4, -0.2) is 23.6 Å². The van der Waals surface area contributed by atoms with Crippen molar-refractivity contribution in [2.75, 3.05) is 6.54 Å². The molecule has 0 aliphatic carbocycles. The molecule has 0 aliphatic heterocycles. The van der Waals surface area contributed by atoms with Crippen molar-refractivity contribution in [1.82, 2.24) is 5.32 Å². The number of nitrogens with one attached hydrogen (secondary N) is 1. The van der Waals surface area contributed by atoms with Crippen LogP contribution in [0, 0.1) is 0 Å². The van der Waals surface area contributed by atoms with E-state index in [0.29, 0.717) is 6.42 Å². The fourth-order valence-electron chi connectivity index (χ4n) is 1.25. The summed E-state index contributed by atoms with van der Waals surface area (Å²) in [7, 11) is 0. The molecule has 0 saturated heterocycles. The smallest absolute Gasteiger partial charge is 0.221 e. The standard InChI is InChI=1S/C11H18N2O2S/c1-2-9(12)5-11(15)13-6-10(14)8-3-4-16-7-8/h3-4,7,9-10,14H,2,5-6,12H2,1H3,(H,13,15). The number of amides is 1. The first-order valence-corrected chi connectivity index (χ1v) is 6.30. The minimum atomic E-state index is -0.631. The van der Waals surface area contributed by atoms with Crippen LogP contribution in [0.15, 0.2) is 16.8 Å². The first-order valence-electron chi connectivity index (χ1n) is 5.36. The third-order valence-electron chi connectivity index (χ3n) is 2.39. The quantitative estimate of drug-likeness (QED) is 0.697. The molecule has 2 unspecified atom stereocenters. The number of aliphatic hydroxyl groups excluding tert-OH is 1. The van der Waals surface area contributed by atoms with Crippen molar-refractivity contribution in [2.24, 2.45) is 5.73 Å². The summed E-state index contributed by atoms with van der Waals surface area (Å²) in [5.74, 6) is -0.108. The van der Waals surface area contributed by atoms with Crippen molar-refractivity contribution >= 4 is 17.2 Å². The lowest BCUT2D eigenvalue weighted by atomic mass is 10.1. The molecule has 1 heterocycles. The van der Waals surface area contributed by atoms with Gasteiger partial charge in [-0.3, -0.25) is 4.79 Å². The Hall–Kier alpha value is -0.910. The van der Waals surface area contributed by atoms with Crippen LogP contribution in [0.25, 0.3) is 0 Å². The average Bonchev–Trinajstić information content (AvgIpc) is 2.79. The van der Waals surface area contributed by atoms with E-state index in [2.05, 4.69) is 5.32 Å². The third kappa shape index (κ3) is 4.30. The molecule has 5 heteroatoms. The molecule has 1 aromatic heterocycles. The summed E-state index contributed by atoms with van der Waals surface area (Å²) in [5.41, 5.74) is 6.49. The minimum Gasteiger partial charge on any atom is -0.387 e. The van der Waals surface area contributed by atoms with Crippen LogP contribution in [0.3, 0.4) is 0 Å². The lowest BCUT2D eigenvalue weighted by Crippen LogP contribution is -2.33. The molecule has 2 atom stereocenters. The monoisotopic (exact) mass is 242 g/mol. The molecule has 0 radical (unpaired) electrons. The van der Waals surface area contributed by atoms with E-state index in [9.17, 15) is 9.90 Å². The fraction of sp³-hybridized carbons (Fsp3) is 0.545. The van der Waals surface area contributed by atoms with E-state index in [1.54, 1.807) is 0 Å². The van der Waals surface area contributed by atoms with Crippen molar-refractivity contribution in [2.45, 2.75) is 31.9 Å². The number of nitrogens with two attached hydrogens (primary N) is 1. The Kier molecular flexibility index (Phi) is 5.45. The van der Waals surface area contributed by atoms with Crippen molar-refractivity contribution in [1.29, 1.82) is 0 Å². The van der Waals surface area contributed by atoms with Crippen LogP contribution in [0.4, 0.5) is 0 Å². The lowest BCUT2D eigenvalue weighted by molar-refractivity contribution is -0.121. The van der Waals surface area contributed by atoms with Gasteiger partial charge >= 0.3 is 0 Å². The Bertz CT molecular complexity index is 314. The Labute approximate surface area is 99.5 Å². The van der Waals surface area contributed by atoms with E-state index in [1.807, 2.05) is 23.8 Å². The number of hydrogen-bond donors (Lipinski definition) is 3. The number of aliphatic hydroxyl groups is 1. The maximum absolute atomic E-state index is 11.4. The molecule has 16 heavy (non-hydrogen) atoms. The Morgan fingerprint density at radius 1 is 1.69 bits per heavy atom. The predicted octanol–water partition coefficient (Wildman–Crippen LogP) is 1.03. The predicted molar refractivity (Wildman–Crippen MR) is 65.2 cm³/mol. The van der Waals surface area contributed by atoms with Crippen molar-refractivity contribution < 1.29 is 9.90 Å². The second-order valence-corrected chi connectivity index (χ2v) is 4.53. The highest BCUT2D eigenvalue weighted by atomic mass is 32.1. The maximum Gasteiger partial charge on any atom is 0.221 e. The molecule has 0 spiro atoms. The zero-order valence-electron chi connectivity index (χ0n) is 9.35. The molecule has 90 valence electrons. The van der Waals surface area contributed by atoms with E-state index in [-0.39, 0.29) is 18.5 Å². The molecule has 1 amide bonds. The molecule has 0 saturated carbocycles. The van der Waals surface area contributed by atoms with Crippen molar-refractivity contribution in [3.8, 4) is 0 Å². The van der Waals surface area contributed by atoms with Crippen LogP contribution in [0.1, 0.15) is 31.4 Å². The topological polar surface area (TPSA) is 75.4 Å². The normalized spacial score (nSPS) is 14.4. The van der Waals surface area contributed by atoms with E-state index in [1.165, 1.54) is 11.3 Å². The molecule has 4 N–H and O–H groups in total. The average molecular weight is 242 g/mol.